The van der Waals surface area contributed by atoms with Crippen molar-refractivity contribution in [1.29, 1.82) is 0 Å². The van der Waals surface area contributed by atoms with E-state index in [1.54, 1.807) is 7.05 Å². The zero-order valence-corrected chi connectivity index (χ0v) is 17.3. The van der Waals surface area contributed by atoms with Crippen molar-refractivity contribution in [3.05, 3.63) is 58.4 Å². The molecule has 0 spiro atoms. The number of ether oxygens (including phenoxy) is 2. The molecule has 29 heavy (non-hydrogen) atoms. The van der Waals surface area contributed by atoms with Crippen LogP contribution in [-0.2, 0) is 4.79 Å². The van der Waals surface area contributed by atoms with Gasteiger partial charge in [0.2, 0.25) is 5.91 Å². The maximum Gasteiger partial charge on any atom is 0.263 e. The number of amides is 2. The number of carbonyl (C=O) groups excluding carboxylic acids is 2. The van der Waals surface area contributed by atoms with E-state index in [0.717, 1.165) is 10.1 Å². The number of carbonyl (C=O) groups is 2. The molecule has 1 atom stereocenters. The summed E-state index contributed by atoms with van der Waals surface area (Å²) in [7, 11) is 1.67. The zero-order valence-electron chi connectivity index (χ0n) is 15.7. The smallest absolute Gasteiger partial charge is 0.263 e. The highest BCUT2D eigenvalue weighted by molar-refractivity contribution is 7.21. The number of hydrogen-bond acceptors (Lipinski definition) is 5. The van der Waals surface area contributed by atoms with E-state index in [9.17, 15) is 9.59 Å². The van der Waals surface area contributed by atoms with E-state index in [1.165, 1.54) is 16.2 Å². The van der Waals surface area contributed by atoms with Gasteiger partial charge in [-0.05, 0) is 18.2 Å². The van der Waals surface area contributed by atoms with Crippen molar-refractivity contribution >= 4 is 44.8 Å². The average molecular weight is 431 g/mol. The molecule has 0 unspecified atom stereocenters. The third-order valence-corrected chi connectivity index (χ3v) is 6.29. The quantitative estimate of drug-likeness (QED) is 0.671. The number of thiophene rings is 1. The van der Waals surface area contributed by atoms with Gasteiger partial charge in [0.15, 0.2) is 17.6 Å². The van der Waals surface area contributed by atoms with Crippen LogP contribution in [0.4, 0.5) is 0 Å². The lowest BCUT2D eigenvalue weighted by atomic mass is 10.2. The molecule has 0 fully saturated rings. The van der Waals surface area contributed by atoms with Gasteiger partial charge in [-0.2, -0.15) is 0 Å². The molecule has 6 nitrogen and oxygen atoms in total. The molecule has 4 rings (SSSR count). The predicted octanol–water partition coefficient (Wildman–Crippen LogP) is 3.58. The minimum atomic E-state index is -0.357. The number of para-hydroxylation sites is 2. The zero-order chi connectivity index (χ0) is 20.4. The van der Waals surface area contributed by atoms with E-state index in [0.29, 0.717) is 34.6 Å². The second-order valence-electron chi connectivity index (χ2n) is 6.70. The SMILES string of the molecule is CN(C[C@H]1COc2ccccc2O1)C(=O)CNC(=O)c1sc2ccccc2c1Cl. The van der Waals surface area contributed by atoms with E-state index in [2.05, 4.69) is 5.32 Å². The van der Waals surface area contributed by atoms with Crippen molar-refractivity contribution < 1.29 is 19.1 Å². The normalized spacial score (nSPS) is 15.2. The van der Waals surface area contributed by atoms with Crippen LogP contribution >= 0.6 is 22.9 Å². The van der Waals surface area contributed by atoms with E-state index in [4.69, 9.17) is 21.1 Å². The third kappa shape index (κ3) is 4.16. The Balaban J connectivity index is 1.32. The minimum absolute atomic E-state index is 0.121. The van der Waals surface area contributed by atoms with Crippen molar-refractivity contribution in [3.8, 4) is 11.5 Å². The van der Waals surface area contributed by atoms with Gasteiger partial charge in [-0.15, -0.1) is 11.3 Å². The first kappa shape index (κ1) is 19.5. The standard InChI is InChI=1S/C21H19ClN2O4S/c1-24(11-13-12-27-15-7-3-4-8-16(15)28-13)18(25)10-23-21(26)20-19(22)14-6-2-5-9-17(14)29-20/h2-9,13H,10-12H2,1H3,(H,23,26)/t13-/m0/s1. The van der Waals surface area contributed by atoms with E-state index < -0.39 is 0 Å². The van der Waals surface area contributed by atoms with E-state index >= 15 is 0 Å². The second kappa shape index (κ2) is 8.31. The molecule has 0 saturated carbocycles. The molecule has 8 heteroatoms. The van der Waals surface area contributed by atoms with Gasteiger partial charge in [-0.25, -0.2) is 0 Å². The number of fused-ring (bicyclic) bond motifs is 2. The summed E-state index contributed by atoms with van der Waals surface area (Å²) in [6.45, 7) is 0.592. The lowest BCUT2D eigenvalue weighted by Crippen LogP contribution is -2.45. The number of benzene rings is 2. The lowest BCUT2D eigenvalue weighted by Gasteiger charge is -2.29. The van der Waals surface area contributed by atoms with Crippen LogP contribution in [0, 0.1) is 0 Å². The Kier molecular flexibility index (Phi) is 5.60. The van der Waals surface area contributed by atoms with Gasteiger partial charge in [-0.1, -0.05) is 41.9 Å². The highest BCUT2D eigenvalue weighted by atomic mass is 35.5. The number of nitrogens with zero attached hydrogens (tertiary/aromatic N) is 1. The lowest BCUT2D eigenvalue weighted by molar-refractivity contribution is -0.130. The molecule has 0 bridgehead atoms. The molecule has 0 saturated heterocycles. The molecule has 3 aromatic rings. The number of nitrogens with one attached hydrogen (secondary N) is 1. The molecule has 2 aromatic carbocycles. The minimum Gasteiger partial charge on any atom is -0.486 e. The maximum absolute atomic E-state index is 12.5. The van der Waals surface area contributed by atoms with Gasteiger partial charge in [-0.3, -0.25) is 9.59 Å². The van der Waals surface area contributed by atoms with Crippen LogP contribution < -0.4 is 14.8 Å². The number of hydrogen-bond donors (Lipinski definition) is 1. The Morgan fingerprint density at radius 1 is 1.17 bits per heavy atom. The molecule has 1 aliphatic heterocycles. The molecule has 1 N–H and O–H groups in total. The molecule has 0 aliphatic carbocycles. The largest absolute Gasteiger partial charge is 0.486 e. The summed E-state index contributed by atoms with van der Waals surface area (Å²) >= 11 is 7.63. The van der Waals surface area contributed by atoms with Crippen LogP contribution in [0.1, 0.15) is 9.67 Å². The van der Waals surface area contributed by atoms with Gasteiger partial charge in [0.25, 0.3) is 5.91 Å². The van der Waals surface area contributed by atoms with Crippen molar-refractivity contribution in [3.63, 3.8) is 0 Å². The Hall–Kier alpha value is -2.77. The van der Waals surface area contributed by atoms with Gasteiger partial charge in [0, 0.05) is 17.1 Å². The summed E-state index contributed by atoms with van der Waals surface area (Å²) in [6.07, 6.45) is -0.272. The van der Waals surface area contributed by atoms with Gasteiger partial charge >= 0.3 is 0 Å². The highest BCUT2D eigenvalue weighted by Gasteiger charge is 2.24. The number of likely N-dealkylation sites (N-methyl/N-ethyl adjacent to an activating group) is 1. The van der Waals surface area contributed by atoms with Gasteiger partial charge in [0.1, 0.15) is 11.5 Å². The molecule has 2 amide bonds. The number of halogens is 1. The topological polar surface area (TPSA) is 67.9 Å². The first-order valence-corrected chi connectivity index (χ1v) is 10.3. The van der Waals surface area contributed by atoms with Crippen LogP contribution in [0.15, 0.2) is 48.5 Å². The van der Waals surface area contributed by atoms with E-state index in [-0.39, 0.29) is 24.5 Å². The molecule has 2 heterocycles. The van der Waals surface area contributed by atoms with Crippen molar-refractivity contribution in [2.45, 2.75) is 6.10 Å². The molecular weight excluding hydrogens is 412 g/mol. The first-order valence-electron chi connectivity index (χ1n) is 9.10. The summed E-state index contributed by atoms with van der Waals surface area (Å²) in [5, 5.41) is 3.91. The maximum atomic E-state index is 12.5. The summed E-state index contributed by atoms with van der Waals surface area (Å²) in [5.74, 6) is 0.782. The molecule has 150 valence electrons. The fourth-order valence-electron chi connectivity index (χ4n) is 3.09. The monoisotopic (exact) mass is 430 g/mol. The second-order valence-corrected chi connectivity index (χ2v) is 8.13. The first-order chi connectivity index (χ1) is 14.0. The fourth-order valence-corrected chi connectivity index (χ4v) is 4.52. The summed E-state index contributed by atoms with van der Waals surface area (Å²) in [6, 6.07) is 15.0. The summed E-state index contributed by atoms with van der Waals surface area (Å²) in [5.41, 5.74) is 0. The average Bonchev–Trinajstić information content (AvgIpc) is 3.08. The highest BCUT2D eigenvalue weighted by Crippen LogP contribution is 2.35. The Bertz CT molecular complexity index is 1070. The Morgan fingerprint density at radius 2 is 1.90 bits per heavy atom. The van der Waals surface area contributed by atoms with Crippen molar-refractivity contribution in [2.75, 3.05) is 26.7 Å². The summed E-state index contributed by atoms with van der Waals surface area (Å²) in [4.78, 5) is 26.9. The molecule has 1 aliphatic rings. The van der Waals surface area contributed by atoms with Crippen molar-refractivity contribution in [1.82, 2.24) is 10.2 Å². The molecule has 0 radical (unpaired) electrons. The van der Waals surface area contributed by atoms with Crippen LogP contribution in [0.2, 0.25) is 5.02 Å². The van der Waals surface area contributed by atoms with Gasteiger partial charge < -0.3 is 19.7 Å². The van der Waals surface area contributed by atoms with Crippen molar-refractivity contribution in [2.24, 2.45) is 0 Å². The predicted molar refractivity (Wildman–Crippen MR) is 113 cm³/mol. The fraction of sp³-hybridized carbons (Fsp3) is 0.238. The molecule has 1 aromatic heterocycles. The Morgan fingerprint density at radius 3 is 2.69 bits per heavy atom. The summed E-state index contributed by atoms with van der Waals surface area (Å²) < 4.78 is 12.5. The van der Waals surface area contributed by atoms with Crippen LogP contribution in [-0.4, -0.2) is 49.6 Å². The van der Waals surface area contributed by atoms with Crippen LogP contribution in [0.5, 0.6) is 11.5 Å². The third-order valence-electron chi connectivity index (χ3n) is 4.61. The van der Waals surface area contributed by atoms with Gasteiger partial charge in [0.05, 0.1) is 18.1 Å². The van der Waals surface area contributed by atoms with E-state index in [1.807, 2.05) is 48.5 Å². The number of rotatable bonds is 5. The Labute approximate surface area is 177 Å². The van der Waals surface area contributed by atoms with Crippen LogP contribution in [0.3, 0.4) is 0 Å². The molecular formula is C21H19ClN2O4S. The van der Waals surface area contributed by atoms with Crippen LogP contribution in [0.25, 0.3) is 10.1 Å².